The number of nitro benzene ring substituents is 1. The Balaban J connectivity index is 1.88. The van der Waals surface area contributed by atoms with Crippen LogP contribution in [-0.4, -0.2) is 10.8 Å². The van der Waals surface area contributed by atoms with E-state index in [1.165, 1.54) is 12.1 Å². The van der Waals surface area contributed by atoms with E-state index in [9.17, 15) is 14.9 Å². The summed E-state index contributed by atoms with van der Waals surface area (Å²) in [4.78, 5) is 23.1. The lowest BCUT2D eigenvalue weighted by molar-refractivity contribution is -0.384. The molecule has 0 heterocycles. The average molecular weight is 331 g/mol. The van der Waals surface area contributed by atoms with Crippen molar-refractivity contribution in [1.82, 2.24) is 0 Å². The number of non-ortho nitro benzene ring substituents is 1. The van der Waals surface area contributed by atoms with Gasteiger partial charge >= 0.3 is 0 Å². The maximum atomic E-state index is 12.7. The Labute approximate surface area is 138 Å². The number of carbonyl (C=O) groups excluding carboxylic acids is 1. The Morgan fingerprint density at radius 1 is 1.26 bits per heavy atom. The second-order valence-corrected chi connectivity index (χ2v) is 6.24. The molecule has 1 aliphatic rings. The van der Waals surface area contributed by atoms with E-state index in [4.69, 9.17) is 11.6 Å². The molecule has 0 spiro atoms. The lowest BCUT2D eigenvalue weighted by Crippen LogP contribution is -2.28. The molecule has 6 heteroatoms. The molecule has 1 N–H and O–H groups in total. The molecule has 1 saturated carbocycles. The lowest BCUT2D eigenvalue weighted by atomic mass is 9.94. The summed E-state index contributed by atoms with van der Waals surface area (Å²) in [6.07, 6.45) is 1.49. The fraction of sp³-hybridized carbons (Fsp3) is 0.235. The smallest absolute Gasteiger partial charge is 0.271 e. The minimum absolute atomic E-state index is 0.0431. The molecule has 5 nitrogen and oxygen atoms in total. The average Bonchev–Trinajstić information content (AvgIpc) is 3.31. The van der Waals surface area contributed by atoms with Gasteiger partial charge in [-0.2, -0.15) is 0 Å². The molecule has 2 aromatic carbocycles. The van der Waals surface area contributed by atoms with Gasteiger partial charge in [0.15, 0.2) is 0 Å². The first kappa shape index (κ1) is 15.5. The number of hydrogen-bond donors (Lipinski definition) is 1. The van der Waals surface area contributed by atoms with Crippen molar-refractivity contribution in [2.75, 3.05) is 5.32 Å². The summed E-state index contributed by atoms with van der Waals surface area (Å²) in [5.74, 6) is -0.150. The van der Waals surface area contributed by atoms with Crippen LogP contribution >= 0.6 is 11.6 Å². The van der Waals surface area contributed by atoms with Gasteiger partial charge in [-0.3, -0.25) is 14.9 Å². The van der Waals surface area contributed by atoms with Crippen molar-refractivity contribution in [2.24, 2.45) is 0 Å². The standard InChI is InChI=1S/C17H15ClN2O3/c1-11-5-6-14(20(22)23)10-15(11)19-16(21)17(7-8-17)12-3-2-4-13(18)9-12/h2-6,9-10H,7-8H2,1H3,(H,19,21). The molecule has 0 bridgehead atoms. The van der Waals surface area contributed by atoms with Gasteiger partial charge in [0.05, 0.1) is 16.0 Å². The van der Waals surface area contributed by atoms with Crippen molar-refractivity contribution >= 4 is 28.9 Å². The summed E-state index contributed by atoms with van der Waals surface area (Å²) in [5.41, 5.74) is 1.51. The third-order valence-electron chi connectivity index (χ3n) is 4.24. The third kappa shape index (κ3) is 2.92. The summed E-state index contributed by atoms with van der Waals surface area (Å²) >= 11 is 6.02. The Bertz CT molecular complexity index is 800. The number of nitrogens with one attached hydrogen (secondary N) is 1. The maximum Gasteiger partial charge on any atom is 0.271 e. The van der Waals surface area contributed by atoms with Gasteiger partial charge in [0.1, 0.15) is 0 Å². The molecule has 0 saturated heterocycles. The minimum atomic E-state index is -0.581. The Morgan fingerprint density at radius 2 is 2.00 bits per heavy atom. The zero-order valence-corrected chi connectivity index (χ0v) is 13.3. The topological polar surface area (TPSA) is 72.2 Å². The number of nitrogens with zero attached hydrogens (tertiary/aromatic N) is 1. The maximum absolute atomic E-state index is 12.7. The minimum Gasteiger partial charge on any atom is -0.325 e. The molecule has 23 heavy (non-hydrogen) atoms. The summed E-state index contributed by atoms with van der Waals surface area (Å²) in [7, 11) is 0. The van der Waals surface area contributed by atoms with Gasteiger partial charge in [-0.25, -0.2) is 0 Å². The molecule has 1 amide bonds. The molecular weight excluding hydrogens is 316 g/mol. The van der Waals surface area contributed by atoms with Crippen molar-refractivity contribution in [2.45, 2.75) is 25.2 Å². The van der Waals surface area contributed by atoms with Crippen LogP contribution in [0.3, 0.4) is 0 Å². The Kier molecular flexibility index (Phi) is 3.82. The fourth-order valence-electron chi connectivity index (χ4n) is 2.66. The zero-order chi connectivity index (χ0) is 16.6. The van der Waals surface area contributed by atoms with Crippen LogP contribution in [0.25, 0.3) is 0 Å². The van der Waals surface area contributed by atoms with E-state index in [0.717, 1.165) is 24.0 Å². The molecule has 1 aliphatic carbocycles. The van der Waals surface area contributed by atoms with Gasteiger partial charge in [-0.1, -0.05) is 29.8 Å². The van der Waals surface area contributed by atoms with Gasteiger partial charge < -0.3 is 5.32 Å². The number of anilines is 1. The van der Waals surface area contributed by atoms with Crippen molar-refractivity contribution in [1.29, 1.82) is 0 Å². The van der Waals surface area contributed by atoms with E-state index in [1.807, 2.05) is 12.1 Å². The molecule has 1 fully saturated rings. The number of halogens is 1. The van der Waals surface area contributed by atoms with Crippen LogP contribution in [0.1, 0.15) is 24.0 Å². The highest BCUT2D eigenvalue weighted by Crippen LogP contribution is 2.49. The van der Waals surface area contributed by atoms with Crippen LogP contribution in [0.2, 0.25) is 5.02 Å². The first-order valence-electron chi connectivity index (χ1n) is 7.25. The molecule has 0 aromatic heterocycles. The highest BCUT2D eigenvalue weighted by molar-refractivity contribution is 6.30. The van der Waals surface area contributed by atoms with Crippen molar-refractivity contribution in [3.8, 4) is 0 Å². The van der Waals surface area contributed by atoms with E-state index in [0.29, 0.717) is 10.7 Å². The Morgan fingerprint density at radius 3 is 2.61 bits per heavy atom. The molecule has 118 valence electrons. The van der Waals surface area contributed by atoms with Crippen LogP contribution in [0.5, 0.6) is 0 Å². The fourth-order valence-corrected chi connectivity index (χ4v) is 2.85. The highest BCUT2D eigenvalue weighted by Gasteiger charge is 2.51. The monoisotopic (exact) mass is 330 g/mol. The first-order valence-corrected chi connectivity index (χ1v) is 7.63. The SMILES string of the molecule is Cc1ccc([N+](=O)[O-])cc1NC(=O)C1(c2cccc(Cl)c2)CC1. The number of amides is 1. The van der Waals surface area contributed by atoms with Crippen LogP contribution in [-0.2, 0) is 10.2 Å². The molecule has 2 aromatic rings. The number of nitro groups is 1. The molecule has 0 aliphatic heterocycles. The van der Waals surface area contributed by atoms with Crippen molar-refractivity contribution in [3.63, 3.8) is 0 Å². The van der Waals surface area contributed by atoms with Gasteiger partial charge in [0, 0.05) is 17.2 Å². The number of rotatable bonds is 4. The molecule has 0 atom stereocenters. The van der Waals surface area contributed by atoms with Crippen LogP contribution < -0.4 is 5.32 Å². The van der Waals surface area contributed by atoms with E-state index in [-0.39, 0.29) is 11.6 Å². The lowest BCUT2D eigenvalue weighted by Gasteiger charge is -2.17. The van der Waals surface area contributed by atoms with E-state index in [1.54, 1.807) is 25.1 Å². The number of hydrogen-bond acceptors (Lipinski definition) is 3. The summed E-state index contributed by atoms with van der Waals surface area (Å²) < 4.78 is 0. The number of aryl methyl sites for hydroxylation is 1. The number of benzene rings is 2. The predicted octanol–water partition coefficient (Wildman–Crippen LogP) is 4.23. The quantitative estimate of drug-likeness (QED) is 0.673. The van der Waals surface area contributed by atoms with Gasteiger partial charge in [-0.05, 0) is 43.0 Å². The largest absolute Gasteiger partial charge is 0.325 e. The number of carbonyl (C=O) groups is 1. The molecular formula is C17H15ClN2O3. The highest BCUT2D eigenvalue weighted by atomic mass is 35.5. The van der Waals surface area contributed by atoms with Crippen LogP contribution in [0.15, 0.2) is 42.5 Å². The van der Waals surface area contributed by atoms with Crippen LogP contribution in [0, 0.1) is 17.0 Å². The van der Waals surface area contributed by atoms with Gasteiger partial charge in [0.2, 0.25) is 5.91 Å². The summed E-state index contributed by atoms with van der Waals surface area (Å²) in [6.45, 7) is 1.80. The van der Waals surface area contributed by atoms with E-state index >= 15 is 0 Å². The molecule has 0 unspecified atom stereocenters. The second-order valence-electron chi connectivity index (χ2n) is 5.80. The zero-order valence-electron chi connectivity index (χ0n) is 12.5. The van der Waals surface area contributed by atoms with E-state index in [2.05, 4.69) is 5.32 Å². The summed E-state index contributed by atoms with van der Waals surface area (Å²) in [5, 5.41) is 14.3. The van der Waals surface area contributed by atoms with Crippen LogP contribution in [0.4, 0.5) is 11.4 Å². The summed E-state index contributed by atoms with van der Waals surface area (Å²) in [6, 6.07) is 11.7. The first-order chi connectivity index (χ1) is 10.9. The molecule has 0 radical (unpaired) electrons. The van der Waals surface area contributed by atoms with Crippen molar-refractivity contribution < 1.29 is 9.72 Å². The second kappa shape index (κ2) is 5.66. The van der Waals surface area contributed by atoms with Crippen molar-refractivity contribution in [3.05, 3.63) is 68.7 Å². The van der Waals surface area contributed by atoms with E-state index < -0.39 is 10.3 Å². The predicted molar refractivity (Wildman–Crippen MR) is 88.8 cm³/mol. The Hall–Kier alpha value is -2.40. The van der Waals surface area contributed by atoms with Gasteiger partial charge in [0.25, 0.3) is 5.69 Å². The van der Waals surface area contributed by atoms with Gasteiger partial charge in [-0.15, -0.1) is 0 Å². The molecule has 3 rings (SSSR count). The third-order valence-corrected chi connectivity index (χ3v) is 4.48. The normalized spacial score (nSPS) is 15.0.